The van der Waals surface area contributed by atoms with Gasteiger partial charge in [-0.05, 0) is 42.9 Å². The van der Waals surface area contributed by atoms with Gasteiger partial charge in [-0.2, -0.15) is 0 Å². The maximum absolute atomic E-state index is 6.25. The first-order valence-corrected chi connectivity index (χ1v) is 8.89. The summed E-state index contributed by atoms with van der Waals surface area (Å²) in [4.78, 5) is 0. The van der Waals surface area contributed by atoms with Crippen molar-refractivity contribution in [2.24, 2.45) is 17.3 Å². The molecule has 106 valence electrons. The van der Waals surface area contributed by atoms with Gasteiger partial charge in [-0.15, -0.1) is 11.6 Å². The second kappa shape index (κ2) is 7.17. The Hall–Kier alpha value is 0.290. The number of halogens is 1. The van der Waals surface area contributed by atoms with Crippen molar-refractivity contribution in [3.8, 4) is 0 Å². The number of unbranched alkanes of at least 4 members (excludes halogenated alkanes) is 7. The van der Waals surface area contributed by atoms with E-state index in [4.69, 9.17) is 11.6 Å². The first-order chi connectivity index (χ1) is 8.79. The van der Waals surface area contributed by atoms with Crippen LogP contribution in [0.1, 0.15) is 84.0 Å². The number of hydrogen-bond acceptors (Lipinski definition) is 0. The predicted molar refractivity (Wildman–Crippen MR) is 81.2 cm³/mol. The molecule has 2 fully saturated rings. The van der Waals surface area contributed by atoms with Crippen molar-refractivity contribution in [1.29, 1.82) is 0 Å². The Labute approximate surface area is 119 Å². The molecule has 0 radical (unpaired) electrons. The molecule has 0 amide bonds. The fourth-order valence-electron chi connectivity index (χ4n) is 4.02. The second-order valence-corrected chi connectivity index (χ2v) is 7.29. The SMILES string of the molecule is CCCCCCCCCCC1(CCl)CC2CC2C1. The van der Waals surface area contributed by atoms with Crippen LogP contribution in [0.15, 0.2) is 0 Å². The van der Waals surface area contributed by atoms with Gasteiger partial charge in [0.2, 0.25) is 0 Å². The van der Waals surface area contributed by atoms with Gasteiger partial charge in [0.1, 0.15) is 0 Å². The third-order valence-corrected chi connectivity index (χ3v) is 5.87. The zero-order chi connectivity index (χ0) is 12.8. The Balaban J connectivity index is 1.47. The highest BCUT2D eigenvalue weighted by molar-refractivity contribution is 6.18. The molecule has 2 saturated carbocycles. The summed E-state index contributed by atoms with van der Waals surface area (Å²) in [5.74, 6) is 3.09. The first-order valence-electron chi connectivity index (χ1n) is 8.35. The smallest absolute Gasteiger partial charge is 0.0280 e. The van der Waals surface area contributed by atoms with Gasteiger partial charge >= 0.3 is 0 Å². The van der Waals surface area contributed by atoms with Crippen LogP contribution in [0.5, 0.6) is 0 Å². The Morgan fingerprint density at radius 3 is 2.00 bits per heavy atom. The Morgan fingerprint density at radius 1 is 0.889 bits per heavy atom. The molecular formula is C17H31Cl. The molecule has 0 spiro atoms. The number of alkyl halides is 1. The molecule has 1 heteroatoms. The van der Waals surface area contributed by atoms with Crippen LogP contribution >= 0.6 is 11.6 Å². The average molecular weight is 271 g/mol. The lowest BCUT2D eigenvalue weighted by molar-refractivity contribution is 0.269. The van der Waals surface area contributed by atoms with Crippen LogP contribution in [0.4, 0.5) is 0 Å². The molecule has 0 aromatic heterocycles. The van der Waals surface area contributed by atoms with E-state index < -0.39 is 0 Å². The summed E-state index contributed by atoms with van der Waals surface area (Å²) in [6.07, 6.45) is 17.3. The van der Waals surface area contributed by atoms with Crippen LogP contribution in [0, 0.1) is 17.3 Å². The molecule has 2 aliphatic rings. The predicted octanol–water partition coefficient (Wildman–Crippen LogP) is 6.17. The van der Waals surface area contributed by atoms with E-state index in [1.165, 1.54) is 77.0 Å². The minimum Gasteiger partial charge on any atom is -0.126 e. The van der Waals surface area contributed by atoms with Gasteiger partial charge in [-0.1, -0.05) is 58.3 Å². The summed E-state index contributed by atoms with van der Waals surface area (Å²) in [7, 11) is 0. The van der Waals surface area contributed by atoms with Gasteiger partial charge in [0.15, 0.2) is 0 Å². The normalized spacial score (nSPS) is 33.7. The minimum absolute atomic E-state index is 0.567. The summed E-state index contributed by atoms with van der Waals surface area (Å²) in [6.45, 7) is 2.29. The first kappa shape index (κ1) is 14.7. The zero-order valence-corrected chi connectivity index (χ0v) is 13.0. The van der Waals surface area contributed by atoms with E-state index in [0.717, 1.165) is 17.7 Å². The topological polar surface area (TPSA) is 0 Å². The monoisotopic (exact) mass is 270 g/mol. The molecule has 18 heavy (non-hydrogen) atoms. The third kappa shape index (κ3) is 4.15. The summed E-state index contributed by atoms with van der Waals surface area (Å²) in [5.41, 5.74) is 0.567. The summed E-state index contributed by atoms with van der Waals surface area (Å²) < 4.78 is 0. The molecule has 0 aliphatic heterocycles. The quantitative estimate of drug-likeness (QED) is 0.329. The number of rotatable bonds is 10. The average Bonchev–Trinajstić information content (AvgIpc) is 3.01. The Bertz CT molecular complexity index is 226. The lowest BCUT2D eigenvalue weighted by atomic mass is 9.80. The minimum atomic E-state index is 0.567. The highest BCUT2D eigenvalue weighted by Gasteiger charge is 2.52. The molecule has 0 aromatic carbocycles. The Morgan fingerprint density at radius 2 is 1.44 bits per heavy atom. The van der Waals surface area contributed by atoms with Crippen LogP contribution in [0.2, 0.25) is 0 Å². The molecule has 2 atom stereocenters. The molecule has 0 N–H and O–H groups in total. The lowest BCUT2D eigenvalue weighted by Crippen LogP contribution is -2.20. The molecule has 2 rings (SSSR count). The summed E-state index contributed by atoms with van der Waals surface area (Å²) in [5, 5.41) is 0. The fourth-order valence-corrected chi connectivity index (χ4v) is 4.37. The Kier molecular flexibility index (Phi) is 5.86. The maximum Gasteiger partial charge on any atom is 0.0280 e. The molecule has 0 aromatic rings. The number of hydrogen-bond donors (Lipinski definition) is 0. The lowest BCUT2D eigenvalue weighted by Gasteiger charge is -2.28. The van der Waals surface area contributed by atoms with Crippen molar-refractivity contribution >= 4 is 11.6 Å². The number of fused-ring (bicyclic) bond motifs is 1. The van der Waals surface area contributed by atoms with E-state index in [2.05, 4.69) is 6.92 Å². The van der Waals surface area contributed by atoms with Crippen LogP contribution in [-0.4, -0.2) is 5.88 Å². The van der Waals surface area contributed by atoms with Gasteiger partial charge in [0.05, 0.1) is 0 Å². The van der Waals surface area contributed by atoms with Crippen molar-refractivity contribution < 1.29 is 0 Å². The van der Waals surface area contributed by atoms with Crippen molar-refractivity contribution in [2.45, 2.75) is 84.0 Å². The molecule has 0 bridgehead atoms. The highest BCUT2D eigenvalue weighted by atomic mass is 35.5. The van der Waals surface area contributed by atoms with Gasteiger partial charge in [0, 0.05) is 5.88 Å². The van der Waals surface area contributed by atoms with Crippen LogP contribution in [-0.2, 0) is 0 Å². The standard InChI is InChI=1S/C17H31Cl/c1-2-3-4-5-6-7-8-9-10-17(14-18)12-15-11-16(15)13-17/h15-16H,2-14H2,1H3. The fraction of sp³-hybridized carbons (Fsp3) is 1.00. The van der Waals surface area contributed by atoms with Gasteiger partial charge in [0.25, 0.3) is 0 Å². The molecule has 2 unspecified atom stereocenters. The van der Waals surface area contributed by atoms with Crippen molar-refractivity contribution in [2.75, 3.05) is 5.88 Å². The largest absolute Gasteiger partial charge is 0.126 e. The van der Waals surface area contributed by atoms with Crippen LogP contribution < -0.4 is 0 Å². The third-order valence-electron chi connectivity index (χ3n) is 5.30. The van der Waals surface area contributed by atoms with E-state index in [9.17, 15) is 0 Å². The van der Waals surface area contributed by atoms with Gasteiger partial charge in [-0.25, -0.2) is 0 Å². The summed E-state index contributed by atoms with van der Waals surface area (Å²) >= 11 is 6.25. The van der Waals surface area contributed by atoms with E-state index in [1.807, 2.05) is 0 Å². The highest BCUT2D eigenvalue weighted by Crippen LogP contribution is 2.61. The second-order valence-electron chi connectivity index (χ2n) is 7.02. The molecule has 2 aliphatic carbocycles. The maximum atomic E-state index is 6.25. The van der Waals surface area contributed by atoms with Crippen LogP contribution in [0.3, 0.4) is 0 Å². The molecule has 0 saturated heterocycles. The van der Waals surface area contributed by atoms with Gasteiger partial charge in [-0.3, -0.25) is 0 Å². The molecule has 0 heterocycles. The summed E-state index contributed by atoms with van der Waals surface area (Å²) in [6, 6.07) is 0. The van der Waals surface area contributed by atoms with Crippen molar-refractivity contribution in [3.05, 3.63) is 0 Å². The van der Waals surface area contributed by atoms with E-state index in [1.54, 1.807) is 0 Å². The van der Waals surface area contributed by atoms with E-state index in [-0.39, 0.29) is 0 Å². The zero-order valence-electron chi connectivity index (χ0n) is 12.2. The van der Waals surface area contributed by atoms with Crippen molar-refractivity contribution in [3.63, 3.8) is 0 Å². The van der Waals surface area contributed by atoms with Crippen LogP contribution in [0.25, 0.3) is 0 Å². The van der Waals surface area contributed by atoms with E-state index >= 15 is 0 Å². The molecule has 0 nitrogen and oxygen atoms in total. The van der Waals surface area contributed by atoms with Crippen molar-refractivity contribution in [1.82, 2.24) is 0 Å². The molecular weight excluding hydrogens is 240 g/mol. The van der Waals surface area contributed by atoms with E-state index in [0.29, 0.717) is 5.41 Å². The van der Waals surface area contributed by atoms with Gasteiger partial charge < -0.3 is 0 Å².